The minimum atomic E-state index is -0.671. The van der Waals surface area contributed by atoms with Crippen LogP contribution in [-0.2, 0) is 6.42 Å². The Bertz CT molecular complexity index is 730. The van der Waals surface area contributed by atoms with Crippen LogP contribution in [0.2, 0.25) is 0 Å². The Kier molecular flexibility index (Phi) is 3.60. The standard InChI is InChI=1S/C23H32O3/c1-3-13-8-14-9-16(24)4-5-18(14)19-6-7-22(2)20(21(13)19)11-15-10-17(25)12-23(15,22)26/h4-5,9,13,15,17,19-21,24-26H,3,6-8,10-12H2,1-2H3/t13?,15-,17+,19?,20?,21?,22+,23+/m1/s1. The Balaban J connectivity index is 1.57. The summed E-state index contributed by atoms with van der Waals surface area (Å²) in [6.07, 6.45) is 6.50. The molecule has 0 spiro atoms. The lowest BCUT2D eigenvalue weighted by molar-refractivity contribution is -0.122. The molecule has 3 nitrogen and oxygen atoms in total. The molecule has 3 heteroatoms. The zero-order valence-electron chi connectivity index (χ0n) is 16.0. The third-order valence-corrected chi connectivity index (χ3v) is 9.11. The molecular formula is C23H32O3. The van der Waals surface area contributed by atoms with Gasteiger partial charge in [-0.1, -0.05) is 26.3 Å². The van der Waals surface area contributed by atoms with Crippen LogP contribution in [0.1, 0.15) is 69.4 Å². The number of benzene rings is 1. The quantitative estimate of drug-likeness (QED) is 0.713. The Labute approximate surface area is 156 Å². The van der Waals surface area contributed by atoms with Crippen molar-refractivity contribution in [2.45, 2.75) is 76.4 Å². The molecule has 4 aliphatic carbocycles. The topological polar surface area (TPSA) is 60.7 Å². The molecule has 0 aromatic heterocycles. The van der Waals surface area contributed by atoms with Crippen LogP contribution in [0.3, 0.4) is 0 Å². The molecule has 3 N–H and O–H groups in total. The van der Waals surface area contributed by atoms with Crippen molar-refractivity contribution < 1.29 is 15.3 Å². The fourth-order valence-corrected chi connectivity index (χ4v) is 7.91. The van der Waals surface area contributed by atoms with Gasteiger partial charge in [0.15, 0.2) is 0 Å². The van der Waals surface area contributed by atoms with Gasteiger partial charge in [-0.2, -0.15) is 0 Å². The largest absolute Gasteiger partial charge is 0.508 e. The molecule has 3 fully saturated rings. The summed E-state index contributed by atoms with van der Waals surface area (Å²) in [5.74, 6) is 3.03. The molecule has 0 amide bonds. The van der Waals surface area contributed by atoms with Crippen LogP contribution in [-0.4, -0.2) is 27.0 Å². The Morgan fingerprint density at radius 2 is 2.04 bits per heavy atom. The number of phenols is 1. The first kappa shape index (κ1) is 17.1. The SMILES string of the molecule is CCC1Cc2cc(O)ccc2C2CC[C@@]3(C)C(C[C@H]4C[C@H](O)C[C@]43O)C12. The van der Waals surface area contributed by atoms with Crippen LogP contribution in [0.25, 0.3) is 0 Å². The molecular weight excluding hydrogens is 324 g/mol. The van der Waals surface area contributed by atoms with Gasteiger partial charge in [0.05, 0.1) is 11.7 Å². The number of hydrogen-bond donors (Lipinski definition) is 3. The smallest absolute Gasteiger partial charge is 0.115 e. The van der Waals surface area contributed by atoms with Gasteiger partial charge in [-0.05, 0) is 90.4 Å². The number of rotatable bonds is 1. The van der Waals surface area contributed by atoms with E-state index in [1.54, 1.807) is 0 Å². The molecule has 0 heterocycles. The number of fused-ring (bicyclic) bond motifs is 7. The van der Waals surface area contributed by atoms with Crippen molar-refractivity contribution in [2.75, 3.05) is 0 Å². The van der Waals surface area contributed by atoms with E-state index >= 15 is 0 Å². The van der Waals surface area contributed by atoms with E-state index in [1.165, 1.54) is 11.1 Å². The monoisotopic (exact) mass is 356 g/mol. The van der Waals surface area contributed by atoms with E-state index < -0.39 is 5.60 Å². The third-order valence-electron chi connectivity index (χ3n) is 9.11. The lowest BCUT2D eigenvalue weighted by atomic mass is 9.50. The van der Waals surface area contributed by atoms with Crippen LogP contribution in [0.15, 0.2) is 18.2 Å². The van der Waals surface area contributed by atoms with E-state index in [4.69, 9.17) is 0 Å². The van der Waals surface area contributed by atoms with Gasteiger partial charge in [0, 0.05) is 6.42 Å². The Hall–Kier alpha value is -1.06. The van der Waals surface area contributed by atoms with E-state index in [-0.39, 0.29) is 17.4 Å². The maximum Gasteiger partial charge on any atom is 0.115 e. The third kappa shape index (κ3) is 2.02. The summed E-state index contributed by atoms with van der Waals surface area (Å²) in [6, 6.07) is 5.99. The first-order valence-corrected chi connectivity index (χ1v) is 10.6. The van der Waals surface area contributed by atoms with Crippen molar-refractivity contribution in [1.29, 1.82) is 0 Å². The predicted molar refractivity (Wildman–Crippen MR) is 101 cm³/mol. The number of hydrogen-bond acceptors (Lipinski definition) is 3. The van der Waals surface area contributed by atoms with Crippen LogP contribution < -0.4 is 0 Å². The van der Waals surface area contributed by atoms with Gasteiger partial charge in [0.1, 0.15) is 5.75 Å². The molecule has 0 aliphatic heterocycles. The van der Waals surface area contributed by atoms with Crippen molar-refractivity contribution in [3.63, 3.8) is 0 Å². The molecule has 4 aliphatic rings. The minimum Gasteiger partial charge on any atom is -0.508 e. The highest BCUT2D eigenvalue weighted by Gasteiger charge is 2.68. The lowest BCUT2D eigenvalue weighted by Crippen LogP contribution is -2.53. The van der Waals surface area contributed by atoms with E-state index in [0.717, 1.165) is 38.5 Å². The van der Waals surface area contributed by atoms with Crippen molar-refractivity contribution in [2.24, 2.45) is 29.1 Å². The predicted octanol–water partition coefficient (Wildman–Crippen LogP) is 4.00. The van der Waals surface area contributed by atoms with Gasteiger partial charge in [-0.3, -0.25) is 0 Å². The normalized spacial score (nSPS) is 49.2. The average molecular weight is 357 g/mol. The van der Waals surface area contributed by atoms with E-state index in [9.17, 15) is 15.3 Å². The molecule has 0 bridgehead atoms. The summed E-state index contributed by atoms with van der Waals surface area (Å²) in [4.78, 5) is 0. The Morgan fingerprint density at radius 1 is 1.23 bits per heavy atom. The summed E-state index contributed by atoms with van der Waals surface area (Å²) in [5.41, 5.74) is 2.06. The maximum atomic E-state index is 11.6. The summed E-state index contributed by atoms with van der Waals surface area (Å²) in [5, 5.41) is 31.8. The fourth-order valence-electron chi connectivity index (χ4n) is 7.91. The van der Waals surface area contributed by atoms with Crippen LogP contribution in [0.4, 0.5) is 0 Å². The summed E-state index contributed by atoms with van der Waals surface area (Å²) >= 11 is 0. The van der Waals surface area contributed by atoms with Gasteiger partial charge in [0.25, 0.3) is 0 Å². The number of aliphatic hydroxyl groups is 2. The number of aliphatic hydroxyl groups excluding tert-OH is 1. The first-order valence-electron chi connectivity index (χ1n) is 10.6. The second kappa shape index (κ2) is 5.48. The first-order chi connectivity index (χ1) is 12.4. The highest BCUT2D eigenvalue weighted by molar-refractivity contribution is 5.41. The van der Waals surface area contributed by atoms with Crippen molar-refractivity contribution in [3.05, 3.63) is 29.3 Å². The van der Waals surface area contributed by atoms with E-state index in [0.29, 0.717) is 35.8 Å². The molecule has 4 unspecified atom stereocenters. The highest BCUT2D eigenvalue weighted by atomic mass is 16.3. The van der Waals surface area contributed by atoms with E-state index in [1.807, 2.05) is 12.1 Å². The highest BCUT2D eigenvalue weighted by Crippen LogP contribution is 2.70. The molecule has 1 aromatic carbocycles. The summed E-state index contributed by atoms with van der Waals surface area (Å²) < 4.78 is 0. The minimum absolute atomic E-state index is 0.0574. The van der Waals surface area contributed by atoms with Gasteiger partial charge in [-0.25, -0.2) is 0 Å². The number of aromatic hydroxyl groups is 1. The molecule has 3 saturated carbocycles. The van der Waals surface area contributed by atoms with Crippen molar-refractivity contribution >= 4 is 0 Å². The molecule has 5 rings (SSSR count). The summed E-state index contributed by atoms with van der Waals surface area (Å²) in [6.45, 7) is 4.63. The van der Waals surface area contributed by atoms with Gasteiger partial charge >= 0.3 is 0 Å². The fraction of sp³-hybridized carbons (Fsp3) is 0.739. The van der Waals surface area contributed by atoms with E-state index in [2.05, 4.69) is 19.9 Å². The number of phenolic OH excluding ortho intramolecular Hbond substituents is 1. The maximum absolute atomic E-state index is 11.6. The van der Waals surface area contributed by atoms with Crippen LogP contribution in [0, 0.1) is 29.1 Å². The second-order valence-electron chi connectivity index (χ2n) is 9.95. The molecule has 1 aromatic rings. The second-order valence-corrected chi connectivity index (χ2v) is 9.95. The molecule has 142 valence electrons. The molecule has 8 atom stereocenters. The molecule has 0 radical (unpaired) electrons. The zero-order valence-corrected chi connectivity index (χ0v) is 16.0. The Morgan fingerprint density at radius 3 is 2.81 bits per heavy atom. The van der Waals surface area contributed by atoms with Crippen LogP contribution >= 0.6 is 0 Å². The van der Waals surface area contributed by atoms with Crippen molar-refractivity contribution in [1.82, 2.24) is 0 Å². The summed E-state index contributed by atoms with van der Waals surface area (Å²) in [7, 11) is 0. The molecule has 26 heavy (non-hydrogen) atoms. The van der Waals surface area contributed by atoms with Gasteiger partial charge in [-0.15, -0.1) is 0 Å². The zero-order chi connectivity index (χ0) is 18.3. The van der Waals surface area contributed by atoms with Gasteiger partial charge in [0.2, 0.25) is 0 Å². The lowest BCUT2D eigenvalue weighted by Gasteiger charge is -2.55. The molecule has 0 saturated heterocycles. The van der Waals surface area contributed by atoms with Crippen LogP contribution in [0.5, 0.6) is 5.75 Å². The van der Waals surface area contributed by atoms with Gasteiger partial charge < -0.3 is 15.3 Å². The van der Waals surface area contributed by atoms with Crippen molar-refractivity contribution in [3.8, 4) is 5.75 Å². The average Bonchev–Trinajstić information content (AvgIpc) is 3.01.